The Balaban J connectivity index is 1.88. The van der Waals surface area contributed by atoms with Gasteiger partial charge in [-0.05, 0) is 33.6 Å². The Kier molecular flexibility index (Phi) is 8.19. The topological polar surface area (TPSA) is 67.9 Å². The van der Waals surface area contributed by atoms with Crippen LogP contribution in [0.1, 0.15) is 10.4 Å². The maximum absolute atomic E-state index is 12.9. The lowest BCUT2D eigenvalue weighted by molar-refractivity contribution is -0.147. The first kappa shape index (κ1) is 24.9. The van der Waals surface area contributed by atoms with Crippen LogP contribution in [0.4, 0.5) is 4.79 Å². The zero-order valence-corrected chi connectivity index (χ0v) is 22.4. The van der Waals surface area contributed by atoms with E-state index in [0.717, 1.165) is 21.0 Å². The molecule has 32 heavy (non-hydrogen) atoms. The fraction of sp³-hybridized carbons (Fsp3) is 0.478. The first-order chi connectivity index (χ1) is 15.1. The van der Waals surface area contributed by atoms with Gasteiger partial charge in [0.05, 0.1) is 19.6 Å². The lowest BCUT2D eigenvalue weighted by atomic mass is 9.85. The zero-order chi connectivity index (χ0) is 23.4. The molecule has 2 atom stereocenters. The van der Waals surface area contributed by atoms with Gasteiger partial charge in [-0.1, -0.05) is 50.0 Å². The van der Waals surface area contributed by atoms with E-state index < -0.39 is 25.6 Å². The van der Waals surface area contributed by atoms with E-state index in [1.165, 1.54) is 18.4 Å². The second-order valence-electron chi connectivity index (χ2n) is 9.40. The molecule has 174 valence electrons. The van der Waals surface area contributed by atoms with Crippen LogP contribution in [0.3, 0.4) is 0 Å². The predicted octanol–water partition coefficient (Wildman–Crippen LogP) is 5.08. The van der Waals surface area contributed by atoms with E-state index in [-0.39, 0.29) is 5.97 Å². The molecule has 1 amide bonds. The molecule has 1 aromatic heterocycles. The van der Waals surface area contributed by atoms with E-state index in [0.29, 0.717) is 26.2 Å². The number of nitrogens with zero attached hydrogens (tertiary/aromatic N) is 1. The fourth-order valence-corrected chi connectivity index (χ4v) is 6.32. The van der Waals surface area contributed by atoms with Crippen molar-refractivity contribution in [2.75, 3.05) is 26.8 Å². The summed E-state index contributed by atoms with van der Waals surface area (Å²) in [4.78, 5) is 28.9. The monoisotopic (exact) mass is 538 g/mol. The van der Waals surface area contributed by atoms with Crippen molar-refractivity contribution in [3.8, 4) is 0 Å². The molecule has 1 aromatic carbocycles. The number of thiophene rings is 1. The Hall–Kier alpha value is -1.68. The van der Waals surface area contributed by atoms with Crippen molar-refractivity contribution >= 4 is 47.4 Å². The standard InChI is InChI=1S/C23H31BrN2O4SSi/c1-29-21(27)19-14-26(13-17-8-6-5-7-9-17)16-23(19,20-12-18(24)15-31-20)25-22(28)30-10-11-32(2,3)4/h5-9,12,15,19H,10-11,13-14,16H2,1-4H3,(H,25,28). The van der Waals surface area contributed by atoms with Gasteiger partial charge in [-0.3, -0.25) is 9.69 Å². The van der Waals surface area contributed by atoms with Gasteiger partial charge in [0.2, 0.25) is 0 Å². The minimum atomic E-state index is -1.33. The summed E-state index contributed by atoms with van der Waals surface area (Å²) < 4.78 is 11.6. The molecular weight excluding hydrogens is 508 g/mol. The molecule has 0 spiro atoms. The molecule has 1 N–H and O–H groups in total. The number of benzene rings is 1. The second kappa shape index (κ2) is 10.5. The number of esters is 1. The van der Waals surface area contributed by atoms with Gasteiger partial charge >= 0.3 is 12.1 Å². The third-order valence-corrected chi connectivity index (χ3v) is 9.23. The van der Waals surface area contributed by atoms with Crippen LogP contribution < -0.4 is 5.32 Å². The van der Waals surface area contributed by atoms with Gasteiger partial charge in [0.1, 0.15) is 5.54 Å². The lowest BCUT2D eigenvalue weighted by Crippen LogP contribution is -2.53. The summed E-state index contributed by atoms with van der Waals surface area (Å²) in [5, 5.41) is 5.05. The predicted molar refractivity (Wildman–Crippen MR) is 134 cm³/mol. The van der Waals surface area contributed by atoms with Gasteiger partial charge in [-0.2, -0.15) is 0 Å². The first-order valence-corrected chi connectivity index (χ1v) is 16.0. The summed E-state index contributed by atoms with van der Waals surface area (Å²) in [5.74, 6) is -0.890. The molecule has 2 heterocycles. The molecule has 2 aromatic rings. The molecule has 2 unspecified atom stereocenters. The van der Waals surface area contributed by atoms with E-state index in [2.05, 4.69) is 57.9 Å². The van der Waals surface area contributed by atoms with E-state index in [9.17, 15) is 9.59 Å². The molecule has 1 fully saturated rings. The number of hydrogen-bond acceptors (Lipinski definition) is 6. The van der Waals surface area contributed by atoms with Crippen LogP contribution in [0.25, 0.3) is 0 Å². The van der Waals surface area contributed by atoms with Crippen molar-refractivity contribution in [3.05, 3.63) is 56.7 Å². The van der Waals surface area contributed by atoms with E-state index in [1.54, 1.807) is 0 Å². The highest BCUT2D eigenvalue weighted by Crippen LogP contribution is 2.42. The third kappa shape index (κ3) is 6.21. The second-order valence-corrected chi connectivity index (χ2v) is 16.9. The lowest BCUT2D eigenvalue weighted by Gasteiger charge is -2.33. The Labute approximate surface area is 203 Å². The van der Waals surface area contributed by atoms with E-state index in [1.807, 2.05) is 29.6 Å². The summed E-state index contributed by atoms with van der Waals surface area (Å²) in [7, 11) is 0.0619. The van der Waals surface area contributed by atoms with Gasteiger partial charge < -0.3 is 14.8 Å². The zero-order valence-electron chi connectivity index (χ0n) is 19.0. The average Bonchev–Trinajstić information content (AvgIpc) is 3.32. The fourth-order valence-electron chi connectivity index (χ4n) is 3.97. The number of methoxy groups -OCH3 is 1. The van der Waals surface area contributed by atoms with Crippen LogP contribution in [-0.4, -0.2) is 51.8 Å². The Morgan fingerprint density at radius 1 is 1.28 bits per heavy atom. The molecule has 3 rings (SSSR count). The van der Waals surface area contributed by atoms with Crippen molar-refractivity contribution in [3.63, 3.8) is 0 Å². The van der Waals surface area contributed by atoms with Crippen LogP contribution in [-0.2, 0) is 26.4 Å². The number of ether oxygens (including phenoxy) is 2. The van der Waals surface area contributed by atoms with Crippen molar-refractivity contribution in [2.24, 2.45) is 5.92 Å². The number of alkyl carbamates (subject to hydrolysis) is 1. The summed E-state index contributed by atoms with van der Waals surface area (Å²) in [6.07, 6.45) is -0.497. The largest absolute Gasteiger partial charge is 0.469 e. The number of rotatable bonds is 8. The average molecular weight is 540 g/mol. The number of carbonyl (C=O) groups is 2. The number of likely N-dealkylation sites (tertiary alicyclic amines) is 1. The minimum Gasteiger partial charge on any atom is -0.469 e. The maximum atomic E-state index is 12.9. The number of halogens is 1. The molecule has 0 bridgehead atoms. The third-order valence-electron chi connectivity index (χ3n) is 5.66. The quantitative estimate of drug-likeness (QED) is 0.375. The SMILES string of the molecule is COC(=O)C1CN(Cc2ccccc2)CC1(NC(=O)OCC[Si](C)(C)C)c1cc(Br)cs1. The van der Waals surface area contributed by atoms with Crippen LogP contribution in [0, 0.1) is 5.92 Å². The molecule has 1 saturated heterocycles. The molecule has 1 aliphatic rings. The van der Waals surface area contributed by atoms with Crippen molar-refractivity contribution < 1.29 is 19.1 Å². The van der Waals surface area contributed by atoms with E-state index >= 15 is 0 Å². The summed E-state index contributed by atoms with van der Waals surface area (Å²) in [5.41, 5.74) is 0.228. The molecule has 6 nitrogen and oxygen atoms in total. The highest BCUT2D eigenvalue weighted by Gasteiger charge is 2.54. The first-order valence-electron chi connectivity index (χ1n) is 10.7. The van der Waals surface area contributed by atoms with Crippen molar-refractivity contribution in [2.45, 2.75) is 37.8 Å². The van der Waals surface area contributed by atoms with Gasteiger partial charge in [0.25, 0.3) is 0 Å². The Morgan fingerprint density at radius 3 is 2.59 bits per heavy atom. The Morgan fingerprint density at radius 2 is 2.00 bits per heavy atom. The van der Waals surface area contributed by atoms with Crippen LogP contribution in [0.2, 0.25) is 25.7 Å². The minimum absolute atomic E-state index is 0.340. The van der Waals surface area contributed by atoms with Gasteiger partial charge in [-0.25, -0.2) is 4.79 Å². The summed E-state index contributed by atoms with van der Waals surface area (Å²) >= 11 is 5.03. The molecule has 0 aliphatic carbocycles. The normalized spacial score (nSPS) is 21.3. The molecular formula is C23H31BrN2O4SSi. The molecule has 0 saturated carbocycles. The highest BCUT2D eigenvalue weighted by atomic mass is 79.9. The smallest absolute Gasteiger partial charge is 0.407 e. The number of carbonyl (C=O) groups excluding carboxylic acids is 2. The van der Waals surface area contributed by atoms with Gasteiger partial charge in [0.15, 0.2) is 0 Å². The number of hydrogen-bond donors (Lipinski definition) is 1. The maximum Gasteiger partial charge on any atom is 0.407 e. The van der Waals surface area contributed by atoms with Crippen LogP contribution >= 0.6 is 27.3 Å². The highest BCUT2D eigenvalue weighted by molar-refractivity contribution is 9.10. The number of nitrogens with one attached hydrogen (secondary N) is 1. The van der Waals surface area contributed by atoms with Gasteiger partial charge in [-0.15, -0.1) is 11.3 Å². The van der Waals surface area contributed by atoms with Crippen LogP contribution in [0.5, 0.6) is 0 Å². The van der Waals surface area contributed by atoms with Gasteiger partial charge in [0, 0.05) is 42.4 Å². The van der Waals surface area contributed by atoms with Crippen LogP contribution in [0.15, 0.2) is 46.3 Å². The molecule has 9 heteroatoms. The summed E-state index contributed by atoms with van der Waals surface area (Å²) in [6.45, 7) is 8.74. The molecule has 1 aliphatic heterocycles. The van der Waals surface area contributed by atoms with Crippen molar-refractivity contribution in [1.29, 1.82) is 0 Å². The Bertz CT molecular complexity index is 934. The van der Waals surface area contributed by atoms with E-state index in [4.69, 9.17) is 9.47 Å². The number of amides is 1. The summed E-state index contributed by atoms with van der Waals surface area (Å²) in [6, 6.07) is 13.0. The molecule has 0 radical (unpaired) electrons. The van der Waals surface area contributed by atoms with Crippen molar-refractivity contribution in [1.82, 2.24) is 10.2 Å².